The van der Waals surface area contributed by atoms with Gasteiger partial charge in [-0.2, -0.15) is 0 Å². The molecule has 0 atom stereocenters. The molecular formula is C17H29ClN4O3S. The number of sulfonamides is 1. The van der Waals surface area contributed by atoms with Gasteiger partial charge >= 0.3 is 0 Å². The highest BCUT2D eigenvalue weighted by molar-refractivity contribution is 7.89. The van der Waals surface area contributed by atoms with Crippen molar-refractivity contribution in [3.05, 3.63) is 29.3 Å². The van der Waals surface area contributed by atoms with E-state index in [4.69, 9.17) is 16.3 Å². The maximum absolute atomic E-state index is 12.2. The lowest BCUT2D eigenvalue weighted by Crippen LogP contribution is -2.42. The summed E-state index contributed by atoms with van der Waals surface area (Å²) < 4.78 is 32.4. The number of halogens is 1. The van der Waals surface area contributed by atoms with E-state index in [-0.39, 0.29) is 11.4 Å². The van der Waals surface area contributed by atoms with Crippen LogP contribution in [0.15, 0.2) is 34.2 Å². The molecule has 0 spiro atoms. The minimum absolute atomic E-state index is 0.147. The van der Waals surface area contributed by atoms with Gasteiger partial charge in [0.25, 0.3) is 0 Å². The number of guanidine groups is 1. The van der Waals surface area contributed by atoms with Crippen molar-refractivity contribution in [2.75, 3.05) is 39.9 Å². The Labute approximate surface area is 161 Å². The molecule has 1 aromatic carbocycles. The fraction of sp³-hybridized carbons (Fsp3) is 0.588. The summed E-state index contributed by atoms with van der Waals surface area (Å²) in [6, 6.07) is 6.15. The van der Waals surface area contributed by atoms with Crippen molar-refractivity contribution < 1.29 is 13.2 Å². The molecule has 0 bridgehead atoms. The molecule has 0 unspecified atom stereocenters. The van der Waals surface area contributed by atoms with Gasteiger partial charge in [-0.3, -0.25) is 4.99 Å². The zero-order valence-corrected chi connectivity index (χ0v) is 17.2. The summed E-state index contributed by atoms with van der Waals surface area (Å²) in [4.78, 5) is 4.24. The van der Waals surface area contributed by atoms with Crippen LogP contribution in [-0.2, 0) is 14.8 Å². The number of nitrogens with one attached hydrogen (secondary N) is 3. The Kier molecular flexibility index (Phi) is 10.6. The molecule has 1 rings (SSSR count). The highest BCUT2D eigenvalue weighted by atomic mass is 35.5. The minimum Gasteiger partial charge on any atom is -0.381 e. The van der Waals surface area contributed by atoms with E-state index in [0.717, 1.165) is 19.6 Å². The molecule has 0 saturated heterocycles. The van der Waals surface area contributed by atoms with Crippen LogP contribution in [0.3, 0.4) is 0 Å². The molecule has 26 heavy (non-hydrogen) atoms. The van der Waals surface area contributed by atoms with Crippen LogP contribution in [0.25, 0.3) is 0 Å². The van der Waals surface area contributed by atoms with Gasteiger partial charge in [0.1, 0.15) is 0 Å². The van der Waals surface area contributed by atoms with Gasteiger partial charge in [0.2, 0.25) is 10.0 Å². The number of ether oxygens (including phenoxy) is 1. The number of benzene rings is 1. The van der Waals surface area contributed by atoms with Gasteiger partial charge in [-0.05, 0) is 30.5 Å². The standard InChI is InChI=1S/C17H29ClN4O3S/c1-14(2)13-25-11-5-8-20-17(19-3)21-9-10-22-26(23,24)16-7-4-6-15(18)12-16/h4,6-7,12,14,22H,5,8-11,13H2,1-3H3,(H2,19,20,21). The maximum atomic E-state index is 12.2. The average molecular weight is 405 g/mol. The quantitative estimate of drug-likeness (QED) is 0.297. The lowest BCUT2D eigenvalue weighted by atomic mass is 10.2. The summed E-state index contributed by atoms with van der Waals surface area (Å²) in [7, 11) is -1.91. The van der Waals surface area contributed by atoms with E-state index in [0.29, 0.717) is 30.1 Å². The van der Waals surface area contributed by atoms with Crippen molar-refractivity contribution >= 4 is 27.6 Å². The zero-order valence-electron chi connectivity index (χ0n) is 15.6. The first-order valence-electron chi connectivity index (χ1n) is 8.62. The van der Waals surface area contributed by atoms with Crippen molar-refractivity contribution in [1.82, 2.24) is 15.4 Å². The Morgan fingerprint density at radius 2 is 1.96 bits per heavy atom. The third-order valence-electron chi connectivity index (χ3n) is 3.25. The van der Waals surface area contributed by atoms with E-state index in [1.165, 1.54) is 12.1 Å². The Hall–Kier alpha value is -1.35. The third kappa shape index (κ3) is 9.38. The molecule has 1 aromatic rings. The van der Waals surface area contributed by atoms with Crippen LogP contribution in [-0.4, -0.2) is 54.3 Å². The van der Waals surface area contributed by atoms with E-state index in [2.05, 4.69) is 34.2 Å². The zero-order chi connectivity index (χ0) is 19.4. The summed E-state index contributed by atoms with van der Waals surface area (Å²) in [5.41, 5.74) is 0. The van der Waals surface area contributed by atoms with Crippen LogP contribution in [0, 0.1) is 5.92 Å². The first-order valence-corrected chi connectivity index (χ1v) is 10.5. The highest BCUT2D eigenvalue weighted by Crippen LogP contribution is 2.14. The van der Waals surface area contributed by atoms with Crippen LogP contribution >= 0.6 is 11.6 Å². The van der Waals surface area contributed by atoms with Gasteiger partial charge in [0, 0.05) is 44.9 Å². The average Bonchev–Trinajstić information content (AvgIpc) is 2.59. The highest BCUT2D eigenvalue weighted by Gasteiger charge is 2.13. The Balaban J connectivity index is 2.24. The maximum Gasteiger partial charge on any atom is 0.240 e. The smallest absolute Gasteiger partial charge is 0.240 e. The Morgan fingerprint density at radius 1 is 1.23 bits per heavy atom. The van der Waals surface area contributed by atoms with E-state index < -0.39 is 10.0 Å². The van der Waals surface area contributed by atoms with Gasteiger partial charge in [-0.25, -0.2) is 13.1 Å². The molecule has 0 radical (unpaired) electrons. The van der Waals surface area contributed by atoms with E-state index in [1.807, 2.05) is 0 Å². The molecule has 0 saturated carbocycles. The first kappa shape index (κ1) is 22.7. The molecule has 0 fully saturated rings. The van der Waals surface area contributed by atoms with Crippen LogP contribution in [0.1, 0.15) is 20.3 Å². The number of rotatable bonds is 11. The Bertz CT molecular complexity index is 666. The number of hydrogen-bond donors (Lipinski definition) is 3. The van der Waals surface area contributed by atoms with Crippen LogP contribution < -0.4 is 15.4 Å². The first-order chi connectivity index (χ1) is 12.3. The molecule has 9 heteroatoms. The minimum atomic E-state index is -3.57. The Morgan fingerprint density at radius 3 is 2.62 bits per heavy atom. The molecule has 7 nitrogen and oxygen atoms in total. The fourth-order valence-corrected chi connectivity index (χ4v) is 3.34. The van der Waals surface area contributed by atoms with E-state index in [1.54, 1.807) is 19.2 Å². The van der Waals surface area contributed by atoms with Crippen molar-refractivity contribution in [2.45, 2.75) is 25.2 Å². The van der Waals surface area contributed by atoms with Crippen molar-refractivity contribution in [3.63, 3.8) is 0 Å². The number of nitrogens with zero attached hydrogens (tertiary/aromatic N) is 1. The van der Waals surface area contributed by atoms with Crippen LogP contribution in [0.5, 0.6) is 0 Å². The summed E-state index contributed by atoms with van der Waals surface area (Å²) in [6.07, 6.45) is 0.870. The largest absolute Gasteiger partial charge is 0.381 e. The van der Waals surface area contributed by atoms with Crippen LogP contribution in [0.2, 0.25) is 5.02 Å². The molecule has 0 aromatic heterocycles. The van der Waals surface area contributed by atoms with Gasteiger partial charge in [-0.15, -0.1) is 0 Å². The summed E-state index contributed by atoms with van der Waals surface area (Å²) in [6.45, 7) is 7.05. The second-order valence-corrected chi connectivity index (χ2v) is 8.31. The normalized spacial score (nSPS) is 12.4. The van der Waals surface area contributed by atoms with Crippen molar-refractivity contribution in [3.8, 4) is 0 Å². The lowest BCUT2D eigenvalue weighted by Gasteiger charge is -2.13. The monoisotopic (exact) mass is 404 g/mol. The van der Waals surface area contributed by atoms with Gasteiger partial charge in [0.05, 0.1) is 4.90 Å². The molecule has 0 aliphatic rings. The molecule has 0 aliphatic heterocycles. The molecule has 3 N–H and O–H groups in total. The van der Waals surface area contributed by atoms with E-state index >= 15 is 0 Å². The molecular weight excluding hydrogens is 376 g/mol. The summed E-state index contributed by atoms with van der Waals surface area (Å²) in [5, 5.41) is 6.60. The fourth-order valence-electron chi connectivity index (χ4n) is 2.00. The summed E-state index contributed by atoms with van der Waals surface area (Å²) >= 11 is 5.83. The van der Waals surface area contributed by atoms with Gasteiger partial charge in [-0.1, -0.05) is 31.5 Å². The molecule has 0 aliphatic carbocycles. The van der Waals surface area contributed by atoms with Crippen LogP contribution in [0.4, 0.5) is 0 Å². The molecule has 0 heterocycles. The predicted octanol–water partition coefficient (Wildman–Crippen LogP) is 1.85. The number of aliphatic imine (C=N–C) groups is 1. The topological polar surface area (TPSA) is 91.8 Å². The van der Waals surface area contributed by atoms with Crippen molar-refractivity contribution in [2.24, 2.45) is 10.9 Å². The van der Waals surface area contributed by atoms with Gasteiger partial charge in [0.15, 0.2) is 5.96 Å². The predicted molar refractivity (Wildman–Crippen MR) is 106 cm³/mol. The second-order valence-electron chi connectivity index (χ2n) is 6.10. The SMILES string of the molecule is CN=C(NCCCOCC(C)C)NCCNS(=O)(=O)c1cccc(Cl)c1. The molecule has 148 valence electrons. The lowest BCUT2D eigenvalue weighted by molar-refractivity contribution is 0.108. The summed E-state index contributed by atoms with van der Waals surface area (Å²) in [5.74, 6) is 1.16. The number of hydrogen-bond acceptors (Lipinski definition) is 4. The molecule has 0 amide bonds. The van der Waals surface area contributed by atoms with E-state index in [9.17, 15) is 8.42 Å². The third-order valence-corrected chi connectivity index (χ3v) is 4.94. The van der Waals surface area contributed by atoms with Crippen molar-refractivity contribution in [1.29, 1.82) is 0 Å². The second kappa shape index (κ2) is 12.1. The van der Waals surface area contributed by atoms with Gasteiger partial charge < -0.3 is 15.4 Å².